The number of nitrogens with one attached hydrogen (secondary N) is 1. The fourth-order valence-electron chi connectivity index (χ4n) is 1.47. The monoisotopic (exact) mass is 264 g/mol. The molecule has 2 aromatic rings. The van der Waals surface area contributed by atoms with Crippen LogP contribution in [-0.2, 0) is 0 Å². The molecule has 100 valence electrons. The van der Waals surface area contributed by atoms with Gasteiger partial charge in [0.1, 0.15) is 0 Å². The van der Waals surface area contributed by atoms with Gasteiger partial charge in [0.05, 0.1) is 14.2 Å². The van der Waals surface area contributed by atoms with Crippen LogP contribution in [0.15, 0.2) is 22.7 Å². The second kappa shape index (κ2) is 5.36. The average Bonchev–Trinajstić information content (AvgIpc) is 2.95. The van der Waals surface area contributed by atoms with Crippen molar-refractivity contribution in [1.29, 1.82) is 0 Å². The maximum atomic E-state index is 11.2. The zero-order valence-corrected chi connectivity index (χ0v) is 10.3. The lowest BCUT2D eigenvalue weighted by molar-refractivity contribution is 0.0910. The van der Waals surface area contributed by atoms with Crippen LogP contribution in [0.4, 0.5) is 0 Å². The van der Waals surface area contributed by atoms with Crippen molar-refractivity contribution in [2.75, 3.05) is 14.2 Å². The molecule has 8 heteroatoms. The van der Waals surface area contributed by atoms with Crippen LogP contribution in [0.2, 0.25) is 0 Å². The maximum absolute atomic E-state index is 11.2. The largest absolute Gasteiger partial charge is 0.493 e. The highest BCUT2D eigenvalue weighted by atomic mass is 16.5. The molecule has 19 heavy (non-hydrogen) atoms. The van der Waals surface area contributed by atoms with Crippen LogP contribution in [0.1, 0.15) is 10.7 Å². The van der Waals surface area contributed by atoms with Gasteiger partial charge < -0.3 is 14.0 Å². The number of hydrogen-bond donors (Lipinski definition) is 2. The number of carbonyl (C=O) groups is 1. The molecule has 0 saturated carbocycles. The number of hydrazine groups is 1. The molecule has 0 aliphatic carbocycles. The first-order chi connectivity index (χ1) is 9.19. The predicted octanol–water partition coefficient (Wildman–Crippen LogP) is 0.357. The smallest absolute Gasteiger partial charge is 0.323 e. The number of benzene rings is 1. The normalized spacial score (nSPS) is 10.1. The molecule has 0 spiro atoms. The van der Waals surface area contributed by atoms with Gasteiger partial charge in [-0.05, 0) is 18.2 Å². The van der Waals surface area contributed by atoms with Gasteiger partial charge in [-0.2, -0.15) is 4.98 Å². The Morgan fingerprint density at radius 1 is 1.32 bits per heavy atom. The van der Waals surface area contributed by atoms with Gasteiger partial charge in [-0.3, -0.25) is 10.2 Å². The minimum atomic E-state index is -0.653. The number of ether oxygens (including phenoxy) is 2. The first-order valence-electron chi connectivity index (χ1n) is 5.26. The molecule has 0 saturated heterocycles. The zero-order valence-electron chi connectivity index (χ0n) is 10.3. The van der Waals surface area contributed by atoms with Crippen molar-refractivity contribution >= 4 is 5.91 Å². The van der Waals surface area contributed by atoms with Crippen molar-refractivity contribution in [3.63, 3.8) is 0 Å². The number of amides is 1. The Hall–Kier alpha value is -2.61. The molecule has 0 unspecified atom stereocenters. The van der Waals surface area contributed by atoms with Crippen LogP contribution in [0.3, 0.4) is 0 Å². The van der Waals surface area contributed by atoms with Crippen molar-refractivity contribution in [2.24, 2.45) is 5.84 Å². The number of nitrogens with zero attached hydrogens (tertiary/aromatic N) is 2. The average molecular weight is 264 g/mol. The molecular formula is C11H12N4O4. The highest BCUT2D eigenvalue weighted by Gasteiger charge is 2.16. The van der Waals surface area contributed by atoms with Crippen molar-refractivity contribution < 1.29 is 18.8 Å². The van der Waals surface area contributed by atoms with Crippen molar-refractivity contribution in [3.05, 3.63) is 24.1 Å². The lowest BCUT2D eigenvalue weighted by Gasteiger charge is -2.07. The number of aromatic nitrogens is 2. The summed E-state index contributed by atoms with van der Waals surface area (Å²) in [5, 5.41) is 3.69. The number of nitrogens with two attached hydrogens (primary N) is 1. The first kappa shape index (κ1) is 12.8. The van der Waals surface area contributed by atoms with E-state index in [1.165, 1.54) is 14.2 Å². The van der Waals surface area contributed by atoms with E-state index in [4.69, 9.17) is 19.8 Å². The highest BCUT2D eigenvalue weighted by molar-refractivity contribution is 5.89. The third-order valence-electron chi connectivity index (χ3n) is 2.39. The van der Waals surface area contributed by atoms with E-state index in [1.807, 2.05) is 5.43 Å². The summed E-state index contributed by atoms with van der Waals surface area (Å²) >= 11 is 0. The van der Waals surface area contributed by atoms with Crippen LogP contribution in [0, 0.1) is 0 Å². The summed E-state index contributed by atoms with van der Waals surface area (Å²) in [5.41, 5.74) is 2.53. The third-order valence-corrected chi connectivity index (χ3v) is 2.39. The van der Waals surface area contributed by atoms with Gasteiger partial charge in [-0.15, -0.1) is 0 Å². The molecule has 0 aliphatic rings. The van der Waals surface area contributed by atoms with Crippen molar-refractivity contribution in [3.8, 4) is 22.9 Å². The molecule has 1 heterocycles. The molecule has 0 aliphatic heterocycles. The van der Waals surface area contributed by atoms with Gasteiger partial charge in [0, 0.05) is 5.56 Å². The Morgan fingerprint density at radius 3 is 2.68 bits per heavy atom. The van der Waals surface area contributed by atoms with E-state index < -0.39 is 5.91 Å². The molecule has 0 radical (unpaired) electrons. The second-order valence-electron chi connectivity index (χ2n) is 3.47. The van der Waals surface area contributed by atoms with E-state index in [-0.39, 0.29) is 11.7 Å². The molecular weight excluding hydrogens is 252 g/mol. The van der Waals surface area contributed by atoms with Gasteiger partial charge >= 0.3 is 11.8 Å². The quantitative estimate of drug-likeness (QED) is 0.465. The molecule has 1 aromatic heterocycles. The summed E-state index contributed by atoms with van der Waals surface area (Å²) in [6.07, 6.45) is 0. The number of rotatable bonds is 4. The summed E-state index contributed by atoms with van der Waals surface area (Å²) in [6.45, 7) is 0. The first-order valence-corrected chi connectivity index (χ1v) is 5.26. The molecule has 0 atom stereocenters. The van der Waals surface area contributed by atoms with Crippen LogP contribution < -0.4 is 20.7 Å². The molecule has 3 N–H and O–H groups in total. The fraction of sp³-hybridized carbons (Fsp3) is 0.182. The number of nitrogen functional groups attached to an aromatic ring is 1. The van der Waals surface area contributed by atoms with E-state index in [9.17, 15) is 4.79 Å². The van der Waals surface area contributed by atoms with Crippen LogP contribution in [0.25, 0.3) is 11.4 Å². The van der Waals surface area contributed by atoms with Crippen molar-refractivity contribution in [2.45, 2.75) is 0 Å². The maximum Gasteiger partial charge on any atom is 0.323 e. The second-order valence-corrected chi connectivity index (χ2v) is 3.47. The van der Waals surface area contributed by atoms with Crippen LogP contribution in [-0.4, -0.2) is 30.3 Å². The lowest BCUT2D eigenvalue weighted by atomic mass is 10.2. The molecule has 1 amide bonds. The number of methoxy groups -OCH3 is 2. The lowest BCUT2D eigenvalue weighted by Crippen LogP contribution is -2.30. The Labute approximate surface area is 108 Å². The van der Waals surface area contributed by atoms with E-state index >= 15 is 0 Å². The van der Waals surface area contributed by atoms with E-state index in [2.05, 4.69) is 10.1 Å². The van der Waals surface area contributed by atoms with Crippen LogP contribution in [0.5, 0.6) is 11.5 Å². The molecule has 2 rings (SSSR count). The van der Waals surface area contributed by atoms with Crippen molar-refractivity contribution in [1.82, 2.24) is 15.6 Å². The van der Waals surface area contributed by atoms with E-state index in [0.717, 1.165) is 0 Å². The summed E-state index contributed by atoms with van der Waals surface area (Å²) in [6, 6.07) is 5.09. The van der Waals surface area contributed by atoms with Gasteiger partial charge in [-0.25, -0.2) is 5.84 Å². The Balaban J connectivity index is 2.36. The number of carbonyl (C=O) groups excluding carboxylic acids is 1. The van der Waals surface area contributed by atoms with Gasteiger partial charge in [0.2, 0.25) is 5.82 Å². The predicted molar refractivity (Wildman–Crippen MR) is 64.5 cm³/mol. The Bertz CT molecular complexity index is 596. The van der Waals surface area contributed by atoms with Gasteiger partial charge in [0.15, 0.2) is 11.5 Å². The molecule has 0 fully saturated rings. The minimum absolute atomic E-state index is 0.215. The Kier molecular flexibility index (Phi) is 3.62. The van der Waals surface area contributed by atoms with E-state index in [1.54, 1.807) is 18.2 Å². The summed E-state index contributed by atoms with van der Waals surface area (Å²) in [7, 11) is 3.06. The highest BCUT2D eigenvalue weighted by Crippen LogP contribution is 2.31. The standard InChI is InChI=1S/C11H12N4O4/c1-17-7-4-3-6(5-8(7)18-2)9-13-11(19-15-9)10(16)14-12/h3-5H,12H2,1-2H3,(H,14,16). The Morgan fingerprint density at radius 2 is 2.05 bits per heavy atom. The topological polar surface area (TPSA) is 112 Å². The minimum Gasteiger partial charge on any atom is -0.493 e. The molecule has 0 bridgehead atoms. The SMILES string of the molecule is COc1ccc(-c2noc(C(=O)NN)n2)cc1OC. The van der Waals surface area contributed by atoms with Gasteiger partial charge in [-0.1, -0.05) is 5.16 Å². The van der Waals surface area contributed by atoms with E-state index in [0.29, 0.717) is 17.1 Å². The van der Waals surface area contributed by atoms with Crippen LogP contribution >= 0.6 is 0 Å². The molecule has 1 aromatic carbocycles. The fourth-order valence-corrected chi connectivity index (χ4v) is 1.47. The third kappa shape index (κ3) is 2.47. The summed E-state index contributed by atoms with van der Waals surface area (Å²) in [4.78, 5) is 15.1. The summed E-state index contributed by atoms with van der Waals surface area (Å²) in [5.74, 6) is 5.45. The summed E-state index contributed by atoms with van der Waals surface area (Å²) < 4.78 is 15.1. The number of hydrogen-bond acceptors (Lipinski definition) is 7. The van der Waals surface area contributed by atoms with Gasteiger partial charge in [0.25, 0.3) is 0 Å². The zero-order chi connectivity index (χ0) is 13.8. The molecule has 8 nitrogen and oxygen atoms in total.